The molecule has 0 aromatic heterocycles. The lowest BCUT2D eigenvalue weighted by atomic mass is 10.1. The number of carbonyl (C=O) groups excluding carboxylic acids is 2. The SMILES string of the molecule is Cc1cccc(NC(=O)NC2CCN(c3ccccc3)C2=O)c1C. The van der Waals surface area contributed by atoms with Crippen molar-refractivity contribution in [1.82, 2.24) is 5.32 Å². The Balaban J connectivity index is 1.63. The third-order valence-electron chi connectivity index (χ3n) is 4.43. The number of rotatable bonds is 3. The van der Waals surface area contributed by atoms with E-state index in [0.717, 1.165) is 22.5 Å². The van der Waals surface area contributed by atoms with Crippen LogP contribution in [0.25, 0.3) is 0 Å². The van der Waals surface area contributed by atoms with E-state index >= 15 is 0 Å². The van der Waals surface area contributed by atoms with E-state index in [1.165, 1.54) is 0 Å². The molecule has 2 aromatic rings. The average Bonchev–Trinajstić information content (AvgIpc) is 2.93. The van der Waals surface area contributed by atoms with Gasteiger partial charge in [-0.25, -0.2) is 4.79 Å². The maximum absolute atomic E-state index is 12.5. The molecule has 1 atom stereocenters. The molecule has 2 aromatic carbocycles. The van der Waals surface area contributed by atoms with E-state index in [1.54, 1.807) is 4.90 Å². The van der Waals surface area contributed by atoms with Crippen LogP contribution in [0, 0.1) is 13.8 Å². The summed E-state index contributed by atoms with van der Waals surface area (Å²) in [6, 6.07) is 14.4. The van der Waals surface area contributed by atoms with Gasteiger partial charge in [-0.1, -0.05) is 30.3 Å². The molecule has 24 heavy (non-hydrogen) atoms. The molecule has 0 bridgehead atoms. The van der Waals surface area contributed by atoms with Crippen LogP contribution in [0.2, 0.25) is 0 Å². The zero-order valence-corrected chi connectivity index (χ0v) is 13.9. The molecule has 1 saturated heterocycles. The van der Waals surface area contributed by atoms with Gasteiger partial charge in [-0.15, -0.1) is 0 Å². The third-order valence-corrected chi connectivity index (χ3v) is 4.43. The molecule has 1 aliphatic heterocycles. The van der Waals surface area contributed by atoms with Gasteiger partial charge >= 0.3 is 6.03 Å². The Labute approximate surface area is 141 Å². The predicted molar refractivity (Wildman–Crippen MR) is 95.3 cm³/mol. The normalized spacial score (nSPS) is 17.0. The standard InChI is InChI=1S/C19H21N3O2/c1-13-7-6-10-16(14(13)2)20-19(24)21-17-11-12-22(18(17)23)15-8-4-3-5-9-15/h3-10,17H,11-12H2,1-2H3,(H2,20,21,24). The summed E-state index contributed by atoms with van der Waals surface area (Å²) in [4.78, 5) is 26.4. The summed E-state index contributed by atoms with van der Waals surface area (Å²) in [5, 5.41) is 5.61. The Morgan fingerprint density at radius 2 is 1.83 bits per heavy atom. The fourth-order valence-corrected chi connectivity index (χ4v) is 2.88. The first kappa shape index (κ1) is 16.1. The number of amides is 3. The smallest absolute Gasteiger partial charge is 0.319 e. The first-order valence-electron chi connectivity index (χ1n) is 8.06. The van der Waals surface area contributed by atoms with Crippen molar-refractivity contribution >= 4 is 23.3 Å². The molecular weight excluding hydrogens is 302 g/mol. The number of para-hydroxylation sites is 1. The summed E-state index contributed by atoms with van der Waals surface area (Å²) in [5.41, 5.74) is 3.76. The first-order valence-corrected chi connectivity index (χ1v) is 8.06. The number of carbonyl (C=O) groups is 2. The molecule has 124 valence electrons. The quantitative estimate of drug-likeness (QED) is 0.911. The maximum Gasteiger partial charge on any atom is 0.319 e. The highest BCUT2D eigenvalue weighted by Gasteiger charge is 2.33. The van der Waals surface area contributed by atoms with E-state index in [1.807, 2.05) is 62.4 Å². The zero-order valence-electron chi connectivity index (χ0n) is 13.9. The largest absolute Gasteiger partial charge is 0.326 e. The van der Waals surface area contributed by atoms with Crippen molar-refractivity contribution in [2.45, 2.75) is 26.3 Å². The van der Waals surface area contributed by atoms with E-state index in [9.17, 15) is 9.59 Å². The lowest BCUT2D eigenvalue weighted by molar-refractivity contribution is -0.118. The molecule has 3 rings (SSSR count). The van der Waals surface area contributed by atoms with E-state index in [4.69, 9.17) is 0 Å². The summed E-state index contributed by atoms with van der Waals surface area (Å²) in [6.45, 7) is 4.57. The highest BCUT2D eigenvalue weighted by molar-refractivity contribution is 6.02. The van der Waals surface area contributed by atoms with Gasteiger partial charge in [-0.05, 0) is 49.6 Å². The second kappa shape index (κ2) is 6.74. The molecule has 1 aliphatic rings. The van der Waals surface area contributed by atoms with Crippen molar-refractivity contribution in [3.63, 3.8) is 0 Å². The van der Waals surface area contributed by atoms with Gasteiger partial charge in [-0.3, -0.25) is 4.79 Å². The van der Waals surface area contributed by atoms with Crippen LogP contribution in [0.4, 0.5) is 16.2 Å². The minimum Gasteiger partial charge on any atom is -0.326 e. The molecule has 5 nitrogen and oxygen atoms in total. The first-order chi connectivity index (χ1) is 11.6. The summed E-state index contributed by atoms with van der Waals surface area (Å²) in [7, 11) is 0. The number of hydrogen-bond acceptors (Lipinski definition) is 2. The molecule has 1 fully saturated rings. The molecule has 1 unspecified atom stereocenters. The topological polar surface area (TPSA) is 61.4 Å². The van der Waals surface area contributed by atoms with Crippen LogP contribution in [0.1, 0.15) is 17.5 Å². The molecule has 5 heteroatoms. The van der Waals surface area contributed by atoms with Crippen LogP contribution in [0.5, 0.6) is 0 Å². The molecule has 0 saturated carbocycles. The number of nitrogens with one attached hydrogen (secondary N) is 2. The van der Waals surface area contributed by atoms with Crippen molar-refractivity contribution in [2.24, 2.45) is 0 Å². The third kappa shape index (κ3) is 3.25. The van der Waals surface area contributed by atoms with Gasteiger partial charge in [0, 0.05) is 17.9 Å². The van der Waals surface area contributed by atoms with Gasteiger partial charge in [0.25, 0.3) is 0 Å². The van der Waals surface area contributed by atoms with Crippen molar-refractivity contribution in [3.8, 4) is 0 Å². The molecule has 0 radical (unpaired) electrons. The lowest BCUT2D eigenvalue weighted by Crippen LogP contribution is -2.43. The summed E-state index contributed by atoms with van der Waals surface area (Å²) < 4.78 is 0. The molecule has 3 amide bonds. The minimum atomic E-state index is -0.490. The molecule has 2 N–H and O–H groups in total. The van der Waals surface area contributed by atoms with Crippen LogP contribution in [-0.4, -0.2) is 24.5 Å². The predicted octanol–water partition coefficient (Wildman–Crippen LogP) is 3.23. The van der Waals surface area contributed by atoms with Gasteiger partial charge in [0.2, 0.25) is 5.91 Å². The summed E-state index contributed by atoms with van der Waals surface area (Å²) in [5.74, 6) is -0.0719. The van der Waals surface area contributed by atoms with Gasteiger partial charge in [0.05, 0.1) is 0 Å². The minimum absolute atomic E-state index is 0.0719. The second-order valence-corrected chi connectivity index (χ2v) is 6.01. The van der Waals surface area contributed by atoms with E-state index < -0.39 is 6.04 Å². The van der Waals surface area contributed by atoms with Crippen LogP contribution >= 0.6 is 0 Å². The van der Waals surface area contributed by atoms with Crippen molar-refractivity contribution in [3.05, 3.63) is 59.7 Å². The van der Waals surface area contributed by atoms with E-state index in [2.05, 4.69) is 10.6 Å². The van der Waals surface area contributed by atoms with Crippen LogP contribution in [0.15, 0.2) is 48.5 Å². The van der Waals surface area contributed by atoms with Crippen molar-refractivity contribution < 1.29 is 9.59 Å². The Bertz CT molecular complexity index is 758. The Morgan fingerprint density at radius 1 is 1.08 bits per heavy atom. The molecule has 1 heterocycles. The van der Waals surface area contributed by atoms with Gasteiger partial charge in [0.1, 0.15) is 6.04 Å². The number of urea groups is 1. The maximum atomic E-state index is 12.5. The lowest BCUT2D eigenvalue weighted by Gasteiger charge is -2.17. The summed E-state index contributed by atoms with van der Waals surface area (Å²) >= 11 is 0. The van der Waals surface area contributed by atoms with Gasteiger partial charge in [0.15, 0.2) is 0 Å². The Kier molecular flexibility index (Phi) is 4.51. The number of benzene rings is 2. The van der Waals surface area contributed by atoms with Crippen LogP contribution in [-0.2, 0) is 4.79 Å². The zero-order chi connectivity index (χ0) is 17.1. The van der Waals surface area contributed by atoms with E-state index in [-0.39, 0.29) is 11.9 Å². The van der Waals surface area contributed by atoms with Crippen molar-refractivity contribution in [1.29, 1.82) is 0 Å². The van der Waals surface area contributed by atoms with E-state index in [0.29, 0.717) is 13.0 Å². The molecule has 0 spiro atoms. The second-order valence-electron chi connectivity index (χ2n) is 6.01. The number of anilines is 2. The van der Waals surface area contributed by atoms with Crippen LogP contribution < -0.4 is 15.5 Å². The van der Waals surface area contributed by atoms with Crippen molar-refractivity contribution in [2.75, 3.05) is 16.8 Å². The Hall–Kier alpha value is -2.82. The highest BCUT2D eigenvalue weighted by atomic mass is 16.2. The fraction of sp³-hybridized carbons (Fsp3) is 0.263. The highest BCUT2D eigenvalue weighted by Crippen LogP contribution is 2.22. The number of hydrogen-bond donors (Lipinski definition) is 2. The Morgan fingerprint density at radius 3 is 2.58 bits per heavy atom. The van der Waals surface area contributed by atoms with Crippen LogP contribution in [0.3, 0.4) is 0 Å². The summed E-state index contributed by atoms with van der Waals surface area (Å²) in [6.07, 6.45) is 0.605. The van der Waals surface area contributed by atoms with Gasteiger partial charge < -0.3 is 15.5 Å². The van der Waals surface area contributed by atoms with Gasteiger partial charge in [-0.2, -0.15) is 0 Å². The molecular formula is C19H21N3O2. The fourth-order valence-electron chi connectivity index (χ4n) is 2.88. The number of nitrogens with zero attached hydrogens (tertiary/aromatic N) is 1. The monoisotopic (exact) mass is 323 g/mol. The number of aryl methyl sites for hydroxylation is 1. The molecule has 0 aliphatic carbocycles. The average molecular weight is 323 g/mol.